The second-order valence-corrected chi connectivity index (χ2v) is 4.15. The Hall–Kier alpha value is -0.483. The predicted octanol–water partition coefficient (Wildman–Crippen LogP) is -0.490. The van der Waals surface area contributed by atoms with Crippen molar-refractivity contribution in [3.63, 3.8) is 0 Å². The largest absolute Gasteiger partial charge is 0.485 e. The van der Waals surface area contributed by atoms with Crippen molar-refractivity contribution in [1.82, 2.24) is 0 Å². The van der Waals surface area contributed by atoms with E-state index >= 15 is 0 Å². The molecule has 1 aromatic rings. The highest BCUT2D eigenvalue weighted by Gasteiger charge is 2.14. The summed E-state index contributed by atoms with van der Waals surface area (Å²) in [6, 6.07) is 0. The second kappa shape index (κ2) is 2.28. The van der Waals surface area contributed by atoms with Crippen molar-refractivity contribution in [2.45, 2.75) is 0 Å². The van der Waals surface area contributed by atoms with Crippen molar-refractivity contribution in [3.05, 3.63) is 5.38 Å². The molecular weight excluding hydrogens is 164 g/mol. The Labute approximate surface area is 66.2 Å². The van der Waals surface area contributed by atoms with Gasteiger partial charge in [0.1, 0.15) is 13.2 Å². The number of hydrogen-bond acceptors (Lipinski definition) is 3. The molecule has 0 bridgehead atoms. The zero-order chi connectivity index (χ0) is 6.97. The smallest absolute Gasteiger partial charge is 0.216 e. The highest BCUT2D eigenvalue weighted by atomic mass is 32.1. The quantitative estimate of drug-likeness (QED) is 0.492. The van der Waals surface area contributed by atoms with Crippen LogP contribution in [0.4, 0.5) is 0 Å². The number of thiophene rings is 1. The molecule has 4 heteroatoms. The topological polar surface area (TPSA) is 18.5 Å². The van der Waals surface area contributed by atoms with Crippen LogP contribution in [0.15, 0.2) is 5.38 Å². The molecule has 0 unspecified atom stereocenters. The molecular formula is C6H8O2SSi. The normalized spacial score (nSPS) is 15.6. The Morgan fingerprint density at radius 1 is 1.40 bits per heavy atom. The van der Waals surface area contributed by atoms with Crippen molar-refractivity contribution in [1.29, 1.82) is 0 Å². The van der Waals surface area contributed by atoms with Gasteiger partial charge in [-0.25, -0.2) is 0 Å². The summed E-state index contributed by atoms with van der Waals surface area (Å²) in [4.78, 5) is 0. The van der Waals surface area contributed by atoms with Crippen LogP contribution in [0.25, 0.3) is 0 Å². The van der Waals surface area contributed by atoms with Gasteiger partial charge in [-0.15, -0.1) is 11.3 Å². The van der Waals surface area contributed by atoms with Gasteiger partial charge in [0, 0.05) is 10.2 Å². The van der Waals surface area contributed by atoms with Crippen LogP contribution in [0.5, 0.6) is 10.8 Å². The first-order valence-corrected chi connectivity index (χ1v) is 5.09. The summed E-state index contributed by atoms with van der Waals surface area (Å²) in [7, 11) is 1.05. The van der Waals surface area contributed by atoms with Gasteiger partial charge >= 0.3 is 0 Å². The van der Waals surface area contributed by atoms with Gasteiger partial charge in [0.15, 0.2) is 5.75 Å². The van der Waals surface area contributed by atoms with Gasteiger partial charge in [-0.3, -0.25) is 0 Å². The Morgan fingerprint density at radius 2 is 2.20 bits per heavy atom. The van der Waals surface area contributed by atoms with Crippen LogP contribution in [0.3, 0.4) is 0 Å². The third-order valence-corrected chi connectivity index (χ3v) is 3.60. The fraction of sp³-hybridized carbons (Fsp3) is 0.333. The minimum absolute atomic E-state index is 0.703. The predicted molar refractivity (Wildman–Crippen MR) is 44.9 cm³/mol. The summed E-state index contributed by atoms with van der Waals surface area (Å²) in [5.74, 6) is 1.00. The fourth-order valence-corrected chi connectivity index (χ4v) is 2.74. The zero-order valence-corrected chi connectivity index (χ0v) is 8.53. The molecule has 0 aliphatic carbocycles. The summed E-state index contributed by atoms with van der Waals surface area (Å²) in [5.41, 5.74) is 0. The third-order valence-electron chi connectivity index (χ3n) is 1.45. The molecule has 2 heterocycles. The lowest BCUT2D eigenvalue weighted by Gasteiger charge is -2.14. The van der Waals surface area contributed by atoms with E-state index in [1.165, 1.54) is 5.19 Å². The minimum Gasteiger partial charge on any atom is -0.485 e. The lowest BCUT2D eigenvalue weighted by atomic mass is 10.5. The Balaban J connectivity index is 2.45. The molecule has 1 aliphatic heterocycles. The minimum atomic E-state index is 0.703. The average molecular weight is 172 g/mol. The lowest BCUT2D eigenvalue weighted by molar-refractivity contribution is 0.179. The standard InChI is InChI=1S/C6H8O2SSi/c10-4-3-9-6-5(4)7-1-2-8-6/h3H,1-2H2,10H3. The van der Waals surface area contributed by atoms with Crippen LogP contribution in [0.1, 0.15) is 0 Å². The van der Waals surface area contributed by atoms with Crippen LogP contribution >= 0.6 is 11.3 Å². The molecule has 0 fully saturated rings. The van der Waals surface area contributed by atoms with Crippen molar-refractivity contribution in [2.75, 3.05) is 13.2 Å². The summed E-state index contributed by atoms with van der Waals surface area (Å²) < 4.78 is 10.8. The van der Waals surface area contributed by atoms with E-state index in [4.69, 9.17) is 9.47 Å². The summed E-state index contributed by atoms with van der Waals surface area (Å²) in [5, 5.41) is 4.40. The molecule has 2 rings (SSSR count). The first-order chi connectivity index (χ1) is 4.88. The van der Waals surface area contributed by atoms with E-state index in [1.54, 1.807) is 11.3 Å². The van der Waals surface area contributed by atoms with Crippen LogP contribution in [0, 0.1) is 0 Å². The highest BCUT2D eigenvalue weighted by Crippen LogP contribution is 2.32. The maximum Gasteiger partial charge on any atom is 0.216 e. The first kappa shape index (κ1) is 6.24. The van der Waals surface area contributed by atoms with E-state index in [0.717, 1.165) is 21.1 Å². The number of ether oxygens (including phenoxy) is 2. The van der Waals surface area contributed by atoms with Crippen LogP contribution in [0.2, 0.25) is 0 Å². The van der Waals surface area contributed by atoms with Gasteiger partial charge in [0.25, 0.3) is 0 Å². The van der Waals surface area contributed by atoms with Gasteiger partial charge in [-0.1, -0.05) is 0 Å². The van der Waals surface area contributed by atoms with Crippen LogP contribution in [-0.2, 0) is 0 Å². The molecule has 1 aliphatic rings. The van der Waals surface area contributed by atoms with E-state index in [-0.39, 0.29) is 0 Å². The summed E-state index contributed by atoms with van der Waals surface area (Å²) in [6.45, 7) is 1.41. The monoisotopic (exact) mass is 172 g/mol. The molecule has 1 aromatic heterocycles. The van der Waals surface area contributed by atoms with Gasteiger partial charge in [-0.05, 0) is 10.6 Å². The van der Waals surface area contributed by atoms with E-state index in [0.29, 0.717) is 13.2 Å². The van der Waals surface area contributed by atoms with Gasteiger partial charge < -0.3 is 9.47 Å². The van der Waals surface area contributed by atoms with Gasteiger partial charge in [0.05, 0.1) is 0 Å². The molecule has 10 heavy (non-hydrogen) atoms. The molecule has 0 N–H and O–H groups in total. The summed E-state index contributed by atoms with van der Waals surface area (Å²) >= 11 is 1.64. The number of hydrogen-bond donors (Lipinski definition) is 0. The molecule has 0 atom stereocenters. The Morgan fingerprint density at radius 3 is 3.00 bits per heavy atom. The number of fused-ring (bicyclic) bond motifs is 1. The summed E-state index contributed by atoms with van der Waals surface area (Å²) in [6.07, 6.45) is 0. The van der Waals surface area contributed by atoms with E-state index in [9.17, 15) is 0 Å². The third kappa shape index (κ3) is 0.838. The second-order valence-electron chi connectivity index (χ2n) is 2.23. The lowest BCUT2D eigenvalue weighted by Crippen LogP contribution is -2.17. The zero-order valence-electron chi connectivity index (χ0n) is 5.72. The maximum absolute atomic E-state index is 5.41. The first-order valence-electron chi connectivity index (χ1n) is 3.21. The van der Waals surface area contributed by atoms with Gasteiger partial charge in [-0.2, -0.15) is 0 Å². The SMILES string of the molecule is [SiH3]c1csc2c1OCCO2. The molecule has 0 aromatic carbocycles. The molecule has 54 valence electrons. The van der Waals surface area contributed by atoms with Crippen molar-refractivity contribution >= 4 is 26.8 Å². The van der Waals surface area contributed by atoms with Crippen LogP contribution < -0.4 is 14.7 Å². The maximum atomic E-state index is 5.41. The average Bonchev–Trinajstić information content (AvgIpc) is 2.34. The molecule has 0 spiro atoms. The van der Waals surface area contributed by atoms with Crippen molar-refractivity contribution in [2.24, 2.45) is 0 Å². The van der Waals surface area contributed by atoms with E-state index in [1.807, 2.05) is 0 Å². The Bertz CT molecular complexity index is 246. The molecule has 0 saturated heterocycles. The molecule has 0 radical (unpaired) electrons. The van der Waals surface area contributed by atoms with Crippen molar-refractivity contribution < 1.29 is 9.47 Å². The molecule has 2 nitrogen and oxygen atoms in total. The van der Waals surface area contributed by atoms with Gasteiger partial charge in [0.2, 0.25) is 5.06 Å². The van der Waals surface area contributed by atoms with Crippen LogP contribution in [-0.4, -0.2) is 23.5 Å². The van der Waals surface area contributed by atoms with Crippen molar-refractivity contribution in [3.8, 4) is 10.8 Å². The highest BCUT2D eigenvalue weighted by molar-refractivity contribution is 7.13. The van der Waals surface area contributed by atoms with E-state index in [2.05, 4.69) is 5.38 Å². The van der Waals surface area contributed by atoms with E-state index < -0.39 is 0 Å². The molecule has 0 saturated carbocycles. The molecule has 0 amide bonds. The Kier molecular flexibility index (Phi) is 1.43. The number of rotatable bonds is 0. The fourth-order valence-electron chi connectivity index (χ4n) is 0.960.